The van der Waals surface area contributed by atoms with Gasteiger partial charge in [0.2, 0.25) is 0 Å². The number of amides is 2. The number of likely N-dealkylation sites (tertiary alicyclic amines) is 1. The predicted octanol–water partition coefficient (Wildman–Crippen LogP) is 4.60. The van der Waals surface area contributed by atoms with E-state index in [9.17, 15) is 9.59 Å². The molecule has 7 heteroatoms. The van der Waals surface area contributed by atoms with Crippen LogP contribution in [0.2, 0.25) is 0 Å². The number of nitrogens with zero attached hydrogens (tertiary/aromatic N) is 4. The average Bonchev–Trinajstić information content (AvgIpc) is 3.53. The normalized spacial score (nSPS) is 17.1. The van der Waals surface area contributed by atoms with Crippen LogP contribution >= 0.6 is 11.3 Å². The first-order chi connectivity index (χ1) is 17.0. The zero-order valence-corrected chi connectivity index (χ0v) is 21.5. The zero-order valence-electron chi connectivity index (χ0n) is 20.7. The maximum Gasteiger partial charge on any atom is 0.274 e. The molecule has 184 valence electrons. The van der Waals surface area contributed by atoms with Crippen molar-refractivity contribution in [1.82, 2.24) is 19.6 Å². The third-order valence-electron chi connectivity index (χ3n) is 7.70. The molecule has 0 spiro atoms. The lowest BCUT2D eigenvalue weighted by Gasteiger charge is -2.40. The van der Waals surface area contributed by atoms with E-state index in [0.717, 1.165) is 50.8 Å². The standard InChI is InChI=1S/C28H34N4O2S/c1-30-15-14-24(29-30)28(34)31(2)25(18-20-8-4-3-5-9-20)21-12-16-32(17-13-21)27(33)23-19-35-26-11-7-6-10-22(23)26/h3-5,8-9,14-15,19,21,25H,6-7,10-13,16-18H2,1-2H3. The highest BCUT2D eigenvalue weighted by atomic mass is 32.1. The van der Waals surface area contributed by atoms with Crippen LogP contribution < -0.4 is 0 Å². The van der Waals surface area contributed by atoms with Gasteiger partial charge in [-0.1, -0.05) is 30.3 Å². The topological polar surface area (TPSA) is 58.4 Å². The van der Waals surface area contributed by atoms with Gasteiger partial charge < -0.3 is 9.80 Å². The van der Waals surface area contributed by atoms with Crippen molar-refractivity contribution < 1.29 is 9.59 Å². The number of fused-ring (bicyclic) bond motifs is 1. The van der Waals surface area contributed by atoms with Gasteiger partial charge in [-0.25, -0.2) is 0 Å². The molecule has 6 nitrogen and oxygen atoms in total. The molecule has 1 aliphatic carbocycles. The van der Waals surface area contributed by atoms with Gasteiger partial charge in [-0.15, -0.1) is 11.3 Å². The van der Waals surface area contributed by atoms with Crippen LogP contribution in [0.3, 0.4) is 0 Å². The summed E-state index contributed by atoms with van der Waals surface area (Å²) in [4.78, 5) is 32.0. The van der Waals surface area contributed by atoms with Gasteiger partial charge in [-0.3, -0.25) is 14.3 Å². The molecule has 2 aliphatic rings. The molecule has 0 N–H and O–H groups in total. The van der Waals surface area contributed by atoms with Crippen LogP contribution in [0.1, 0.15) is 62.5 Å². The second-order valence-electron chi connectivity index (χ2n) is 9.94. The first kappa shape index (κ1) is 23.8. The van der Waals surface area contributed by atoms with Crippen molar-refractivity contribution in [3.63, 3.8) is 0 Å². The van der Waals surface area contributed by atoms with Crippen LogP contribution in [0.5, 0.6) is 0 Å². The summed E-state index contributed by atoms with van der Waals surface area (Å²) >= 11 is 1.76. The number of thiophene rings is 1. The van der Waals surface area contributed by atoms with Crippen LogP contribution in [-0.4, -0.2) is 57.6 Å². The predicted molar refractivity (Wildman–Crippen MR) is 139 cm³/mol. The highest BCUT2D eigenvalue weighted by molar-refractivity contribution is 7.10. The molecule has 1 saturated heterocycles. The van der Waals surface area contributed by atoms with E-state index in [2.05, 4.69) is 34.7 Å². The Balaban J connectivity index is 1.30. The number of hydrogen-bond acceptors (Lipinski definition) is 4. The van der Waals surface area contributed by atoms with Crippen molar-refractivity contribution in [3.8, 4) is 0 Å². The summed E-state index contributed by atoms with van der Waals surface area (Å²) in [6.07, 6.45) is 8.98. The fourth-order valence-electron chi connectivity index (χ4n) is 5.67. The minimum atomic E-state index is -0.0464. The molecule has 1 unspecified atom stereocenters. The van der Waals surface area contributed by atoms with Crippen molar-refractivity contribution in [2.45, 2.75) is 51.0 Å². The van der Waals surface area contributed by atoms with Gasteiger partial charge in [-0.2, -0.15) is 5.10 Å². The van der Waals surface area contributed by atoms with Crippen molar-refractivity contribution in [1.29, 1.82) is 0 Å². The number of benzene rings is 1. The molecule has 1 atom stereocenters. The zero-order chi connectivity index (χ0) is 24.4. The first-order valence-electron chi connectivity index (χ1n) is 12.7. The lowest BCUT2D eigenvalue weighted by atomic mass is 9.84. The minimum Gasteiger partial charge on any atom is -0.339 e. The number of aromatic nitrogens is 2. The molecule has 1 aromatic carbocycles. The number of aryl methyl sites for hydroxylation is 2. The Bertz CT molecular complexity index is 1180. The van der Waals surface area contributed by atoms with Crippen molar-refractivity contribution in [2.75, 3.05) is 20.1 Å². The summed E-state index contributed by atoms with van der Waals surface area (Å²) in [5.74, 6) is 0.476. The van der Waals surface area contributed by atoms with Crippen molar-refractivity contribution in [2.24, 2.45) is 13.0 Å². The second kappa shape index (κ2) is 10.4. The summed E-state index contributed by atoms with van der Waals surface area (Å²) in [6, 6.07) is 12.2. The number of piperidine rings is 1. The molecule has 35 heavy (non-hydrogen) atoms. The largest absolute Gasteiger partial charge is 0.339 e. The Labute approximate surface area is 211 Å². The van der Waals surface area contributed by atoms with Gasteiger partial charge in [0.15, 0.2) is 0 Å². The van der Waals surface area contributed by atoms with Gasteiger partial charge in [-0.05, 0) is 68.1 Å². The minimum absolute atomic E-state index is 0.0464. The lowest BCUT2D eigenvalue weighted by molar-refractivity contribution is 0.0518. The van der Waals surface area contributed by atoms with Gasteiger partial charge in [0.1, 0.15) is 5.69 Å². The Morgan fingerprint density at radius 3 is 2.57 bits per heavy atom. The van der Waals surface area contributed by atoms with E-state index in [1.54, 1.807) is 28.3 Å². The van der Waals surface area contributed by atoms with E-state index in [-0.39, 0.29) is 17.9 Å². The molecule has 0 bridgehead atoms. The van der Waals surface area contributed by atoms with Crippen LogP contribution in [0.25, 0.3) is 0 Å². The van der Waals surface area contributed by atoms with E-state index in [0.29, 0.717) is 11.6 Å². The van der Waals surface area contributed by atoms with Crippen molar-refractivity contribution in [3.05, 3.63) is 75.2 Å². The maximum atomic E-state index is 13.4. The maximum absolute atomic E-state index is 13.4. The fraction of sp³-hybridized carbons (Fsp3) is 0.464. The molecule has 3 aromatic rings. The van der Waals surface area contributed by atoms with Crippen molar-refractivity contribution >= 4 is 23.2 Å². The third-order valence-corrected chi connectivity index (χ3v) is 8.79. The number of rotatable bonds is 6. The highest BCUT2D eigenvalue weighted by Crippen LogP contribution is 2.33. The van der Waals surface area contributed by atoms with Crippen LogP contribution in [0, 0.1) is 5.92 Å². The Hall–Kier alpha value is -2.93. The van der Waals surface area contributed by atoms with E-state index < -0.39 is 0 Å². The van der Waals surface area contributed by atoms with Gasteiger partial charge in [0.25, 0.3) is 11.8 Å². The third kappa shape index (κ3) is 5.06. The highest BCUT2D eigenvalue weighted by Gasteiger charge is 2.34. The molecule has 5 rings (SSSR count). The van der Waals surface area contributed by atoms with Gasteiger partial charge >= 0.3 is 0 Å². The van der Waals surface area contributed by atoms with Gasteiger partial charge in [0, 0.05) is 49.7 Å². The number of likely N-dealkylation sites (N-methyl/N-ethyl adjacent to an activating group) is 1. The quantitative estimate of drug-likeness (QED) is 0.508. The molecule has 2 aromatic heterocycles. The SMILES string of the molecule is CN(C(=O)c1ccn(C)n1)C(Cc1ccccc1)C1CCN(C(=O)c2csc3c2CCCC3)CC1. The fourth-order valence-corrected chi connectivity index (χ4v) is 6.79. The Morgan fingerprint density at radius 2 is 1.86 bits per heavy atom. The van der Waals surface area contributed by atoms with Crippen LogP contribution in [0.15, 0.2) is 48.0 Å². The lowest BCUT2D eigenvalue weighted by Crippen LogP contribution is -2.48. The second-order valence-corrected chi connectivity index (χ2v) is 10.9. The Morgan fingerprint density at radius 1 is 1.11 bits per heavy atom. The summed E-state index contributed by atoms with van der Waals surface area (Å²) < 4.78 is 1.67. The van der Waals surface area contributed by atoms with E-state index in [4.69, 9.17) is 0 Å². The molecule has 1 aliphatic heterocycles. The van der Waals surface area contributed by atoms with E-state index in [1.807, 2.05) is 30.0 Å². The summed E-state index contributed by atoms with van der Waals surface area (Å²) in [5, 5.41) is 6.42. The molecular weight excluding hydrogens is 456 g/mol. The number of carbonyl (C=O) groups is 2. The number of hydrogen-bond donors (Lipinski definition) is 0. The molecule has 0 radical (unpaired) electrons. The van der Waals surface area contributed by atoms with E-state index in [1.165, 1.54) is 28.8 Å². The average molecular weight is 491 g/mol. The van der Waals surface area contributed by atoms with Crippen LogP contribution in [0.4, 0.5) is 0 Å². The van der Waals surface area contributed by atoms with Crippen LogP contribution in [-0.2, 0) is 26.3 Å². The Kier molecular flexibility index (Phi) is 7.04. The summed E-state index contributed by atoms with van der Waals surface area (Å²) in [6.45, 7) is 1.48. The molecule has 1 fully saturated rings. The monoisotopic (exact) mass is 490 g/mol. The first-order valence-corrected chi connectivity index (χ1v) is 13.6. The molecule has 2 amide bonds. The molecule has 0 saturated carbocycles. The smallest absolute Gasteiger partial charge is 0.274 e. The molecule has 3 heterocycles. The number of carbonyl (C=O) groups excluding carboxylic acids is 2. The van der Waals surface area contributed by atoms with Gasteiger partial charge in [0.05, 0.1) is 5.56 Å². The molecular formula is C28H34N4O2S. The summed E-state index contributed by atoms with van der Waals surface area (Å²) in [7, 11) is 3.73. The van der Waals surface area contributed by atoms with E-state index >= 15 is 0 Å². The summed E-state index contributed by atoms with van der Waals surface area (Å²) in [5.41, 5.74) is 3.94.